The quantitative estimate of drug-likeness (QED) is 0.852. The SMILES string of the molecule is CCn1nc(C)c(Cl)c1CC(O)C(C)COC. The Labute approximate surface area is 108 Å². The number of aliphatic hydroxyl groups excluding tert-OH is 1. The number of halogens is 1. The van der Waals surface area contributed by atoms with Gasteiger partial charge in [-0.1, -0.05) is 18.5 Å². The van der Waals surface area contributed by atoms with Gasteiger partial charge in [-0.2, -0.15) is 5.10 Å². The van der Waals surface area contributed by atoms with Gasteiger partial charge in [0.2, 0.25) is 0 Å². The first-order valence-electron chi connectivity index (χ1n) is 5.90. The predicted octanol–water partition coefficient (Wildman–Crippen LogP) is 2.05. The molecule has 1 N–H and O–H groups in total. The average Bonchev–Trinajstić information content (AvgIpc) is 2.57. The summed E-state index contributed by atoms with van der Waals surface area (Å²) in [5.41, 5.74) is 1.72. The largest absolute Gasteiger partial charge is 0.392 e. The molecule has 0 aromatic carbocycles. The summed E-state index contributed by atoms with van der Waals surface area (Å²) in [7, 11) is 1.64. The zero-order valence-electron chi connectivity index (χ0n) is 10.9. The normalized spacial score (nSPS) is 14.9. The lowest BCUT2D eigenvalue weighted by molar-refractivity contribution is 0.0563. The van der Waals surface area contributed by atoms with Crippen LogP contribution in [0.2, 0.25) is 5.02 Å². The van der Waals surface area contributed by atoms with Crippen LogP contribution in [0.4, 0.5) is 0 Å². The second kappa shape index (κ2) is 6.38. The van der Waals surface area contributed by atoms with Crippen LogP contribution >= 0.6 is 11.6 Å². The molecule has 1 rings (SSSR count). The van der Waals surface area contributed by atoms with E-state index in [4.69, 9.17) is 16.3 Å². The van der Waals surface area contributed by atoms with E-state index in [0.717, 1.165) is 17.9 Å². The Morgan fingerprint density at radius 1 is 1.53 bits per heavy atom. The molecular weight excluding hydrogens is 240 g/mol. The van der Waals surface area contributed by atoms with Crippen molar-refractivity contribution < 1.29 is 9.84 Å². The van der Waals surface area contributed by atoms with Gasteiger partial charge in [-0.15, -0.1) is 0 Å². The first-order chi connectivity index (χ1) is 8.01. The van der Waals surface area contributed by atoms with Crippen LogP contribution in [0.25, 0.3) is 0 Å². The van der Waals surface area contributed by atoms with E-state index in [0.29, 0.717) is 18.1 Å². The van der Waals surface area contributed by atoms with Crippen LogP contribution in [0.15, 0.2) is 0 Å². The highest BCUT2D eigenvalue weighted by atomic mass is 35.5. The fraction of sp³-hybridized carbons (Fsp3) is 0.750. The van der Waals surface area contributed by atoms with Gasteiger partial charge in [-0.05, 0) is 13.8 Å². The summed E-state index contributed by atoms with van der Waals surface area (Å²) in [6, 6.07) is 0. The first-order valence-corrected chi connectivity index (χ1v) is 6.27. The number of rotatable bonds is 6. The molecule has 0 saturated carbocycles. The summed E-state index contributed by atoms with van der Waals surface area (Å²) in [5.74, 6) is 0.0802. The molecule has 5 heteroatoms. The zero-order chi connectivity index (χ0) is 13.0. The van der Waals surface area contributed by atoms with Crippen molar-refractivity contribution in [3.05, 3.63) is 16.4 Å². The fourth-order valence-corrected chi connectivity index (χ4v) is 2.05. The maximum absolute atomic E-state index is 10.1. The van der Waals surface area contributed by atoms with Crippen molar-refractivity contribution in [3.8, 4) is 0 Å². The van der Waals surface area contributed by atoms with E-state index >= 15 is 0 Å². The van der Waals surface area contributed by atoms with E-state index in [9.17, 15) is 5.11 Å². The van der Waals surface area contributed by atoms with Crippen LogP contribution in [0.5, 0.6) is 0 Å². The van der Waals surface area contributed by atoms with Crippen LogP contribution in [0, 0.1) is 12.8 Å². The molecule has 0 aliphatic carbocycles. The van der Waals surface area contributed by atoms with E-state index < -0.39 is 6.10 Å². The lowest BCUT2D eigenvalue weighted by Crippen LogP contribution is -2.25. The number of hydrogen-bond acceptors (Lipinski definition) is 3. The molecule has 2 atom stereocenters. The topological polar surface area (TPSA) is 47.3 Å². The molecule has 0 saturated heterocycles. The van der Waals surface area contributed by atoms with Gasteiger partial charge in [0.25, 0.3) is 0 Å². The van der Waals surface area contributed by atoms with Crippen molar-refractivity contribution in [1.82, 2.24) is 9.78 Å². The Morgan fingerprint density at radius 3 is 2.71 bits per heavy atom. The third-order valence-electron chi connectivity index (χ3n) is 2.94. The minimum Gasteiger partial charge on any atom is -0.392 e. The van der Waals surface area contributed by atoms with Gasteiger partial charge in [0.05, 0.1) is 29.1 Å². The second-order valence-corrected chi connectivity index (χ2v) is 4.74. The highest BCUT2D eigenvalue weighted by molar-refractivity contribution is 6.31. The van der Waals surface area contributed by atoms with Crippen molar-refractivity contribution in [2.24, 2.45) is 5.92 Å². The molecule has 0 aliphatic rings. The van der Waals surface area contributed by atoms with Gasteiger partial charge in [-0.25, -0.2) is 0 Å². The molecule has 0 spiro atoms. The van der Waals surface area contributed by atoms with Gasteiger partial charge >= 0.3 is 0 Å². The highest BCUT2D eigenvalue weighted by Crippen LogP contribution is 2.23. The van der Waals surface area contributed by atoms with Gasteiger partial charge in [0, 0.05) is 26.0 Å². The Bertz CT molecular complexity index is 366. The van der Waals surface area contributed by atoms with E-state index in [-0.39, 0.29) is 5.92 Å². The minimum atomic E-state index is -0.464. The molecule has 0 bridgehead atoms. The third-order valence-corrected chi connectivity index (χ3v) is 3.43. The van der Waals surface area contributed by atoms with E-state index in [1.54, 1.807) is 7.11 Å². The van der Waals surface area contributed by atoms with Crippen molar-refractivity contribution in [2.45, 2.75) is 39.8 Å². The van der Waals surface area contributed by atoms with Crippen LogP contribution < -0.4 is 0 Å². The Morgan fingerprint density at radius 2 is 2.18 bits per heavy atom. The summed E-state index contributed by atoms with van der Waals surface area (Å²) in [4.78, 5) is 0. The van der Waals surface area contributed by atoms with E-state index in [1.165, 1.54) is 0 Å². The predicted molar refractivity (Wildman–Crippen MR) is 68.4 cm³/mol. The molecule has 1 aromatic heterocycles. The van der Waals surface area contributed by atoms with Crippen LogP contribution in [-0.2, 0) is 17.7 Å². The van der Waals surface area contributed by atoms with Crippen molar-refractivity contribution in [3.63, 3.8) is 0 Å². The molecule has 2 unspecified atom stereocenters. The molecule has 1 aromatic rings. The summed E-state index contributed by atoms with van der Waals surface area (Å²) in [5, 5.41) is 15.1. The molecule has 0 radical (unpaired) electrons. The lowest BCUT2D eigenvalue weighted by atomic mass is 10.0. The number of aryl methyl sites for hydroxylation is 2. The Hall–Kier alpha value is -0.580. The van der Waals surface area contributed by atoms with Gasteiger partial charge < -0.3 is 9.84 Å². The maximum atomic E-state index is 10.1. The lowest BCUT2D eigenvalue weighted by Gasteiger charge is -2.18. The zero-order valence-corrected chi connectivity index (χ0v) is 11.7. The number of methoxy groups -OCH3 is 1. The van der Waals surface area contributed by atoms with Crippen molar-refractivity contribution in [2.75, 3.05) is 13.7 Å². The van der Waals surface area contributed by atoms with Crippen molar-refractivity contribution in [1.29, 1.82) is 0 Å². The molecule has 17 heavy (non-hydrogen) atoms. The first kappa shape index (κ1) is 14.5. The molecule has 1 heterocycles. The summed E-state index contributed by atoms with van der Waals surface area (Å²) in [6.07, 6.45) is 0.0479. The number of aliphatic hydroxyl groups is 1. The van der Waals surface area contributed by atoms with Crippen molar-refractivity contribution >= 4 is 11.6 Å². The molecule has 0 amide bonds. The van der Waals surface area contributed by atoms with E-state index in [1.807, 2.05) is 25.5 Å². The Balaban J connectivity index is 2.80. The summed E-state index contributed by atoms with van der Waals surface area (Å²) in [6.45, 7) is 7.15. The van der Waals surface area contributed by atoms with E-state index in [2.05, 4.69) is 5.10 Å². The van der Waals surface area contributed by atoms with Crippen LogP contribution in [0.1, 0.15) is 25.2 Å². The summed E-state index contributed by atoms with van der Waals surface area (Å²) < 4.78 is 6.89. The average molecular weight is 261 g/mol. The monoisotopic (exact) mass is 260 g/mol. The highest BCUT2D eigenvalue weighted by Gasteiger charge is 2.20. The smallest absolute Gasteiger partial charge is 0.0848 e. The van der Waals surface area contributed by atoms with Gasteiger partial charge in [0.1, 0.15) is 0 Å². The second-order valence-electron chi connectivity index (χ2n) is 4.37. The standard InChI is InChI=1S/C12H21ClN2O2/c1-5-15-10(12(13)9(3)14-15)6-11(16)8(2)7-17-4/h8,11,16H,5-7H2,1-4H3. The van der Waals surface area contributed by atoms with Gasteiger partial charge in [0.15, 0.2) is 0 Å². The van der Waals surface area contributed by atoms with Crippen LogP contribution in [0.3, 0.4) is 0 Å². The minimum absolute atomic E-state index is 0.0802. The molecule has 4 nitrogen and oxygen atoms in total. The molecular formula is C12H21ClN2O2. The number of hydrogen-bond donors (Lipinski definition) is 1. The fourth-order valence-electron chi connectivity index (χ4n) is 1.84. The third kappa shape index (κ3) is 3.44. The molecule has 98 valence electrons. The number of ether oxygens (including phenoxy) is 1. The van der Waals surface area contributed by atoms with Gasteiger partial charge in [-0.3, -0.25) is 4.68 Å². The molecule has 0 fully saturated rings. The molecule has 0 aliphatic heterocycles. The Kier molecular flexibility index (Phi) is 5.43. The summed E-state index contributed by atoms with van der Waals surface area (Å²) >= 11 is 6.19. The maximum Gasteiger partial charge on any atom is 0.0848 e. The number of aromatic nitrogens is 2. The number of nitrogens with zero attached hydrogens (tertiary/aromatic N) is 2. The van der Waals surface area contributed by atoms with Crippen LogP contribution in [-0.4, -0.2) is 34.7 Å².